The van der Waals surface area contributed by atoms with Gasteiger partial charge in [0, 0.05) is 39.9 Å². The first-order valence-electron chi connectivity index (χ1n) is 13.3. The lowest BCUT2D eigenvalue weighted by atomic mass is 10.0. The molecule has 2 N–H and O–H groups in total. The van der Waals surface area contributed by atoms with Crippen LogP contribution in [0.4, 0.5) is 5.69 Å². The summed E-state index contributed by atoms with van der Waals surface area (Å²) in [5.41, 5.74) is 3.30. The van der Waals surface area contributed by atoms with Crippen molar-refractivity contribution >= 4 is 34.8 Å². The molecule has 3 aromatic heterocycles. The summed E-state index contributed by atoms with van der Waals surface area (Å²) in [6, 6.07) is 22.1. The number of rotatable bonds is 9. The predicted molar refractivity (Wildman–Crippen MR) is 165 cm³/mol. The van der Waals surface area contributed by atoms with Crippen LogP contribution in [0.25, 0.3) is 28.2 Å². The van der Waals surface area contributed by atoms with E-state index in [4.69, 9.17) is 27.9 Å². The quantitative estimate of drug-likeness (QED) is 0.227. The second-order valence-electron chi connectivity index (χ2n) is 9.66. The van der Waals surface area contributed by atoms with E-state index in [1.807, 2.05) is 30.3 Å². The minimum absolute atomic E-state index is 0.201. The summed E-state index contributed by atoms with van der Waals surface area (Å²) >= 11 is 12.4. The molecule has 12 nitrogen and oxygen atoms in total. The van der Waals surface area contributed by atoms with E-state index in [0.717, 1.165) is 11.1 Å². The van der Waals surface area contributed by atoms with Crippen LogP contribution in [-0.4, -0.2) is 53.2 Å². The highest BCUT2D eigenvalue weighted by atomic mass is 35.5. The van der Waals surface area contributed by atoms with Crippen molar-refractivity contribution in [2.75, 3.05) is 12.4 Å². The predicted octanol–water partition coefficient (Wildman–Crippen LogP) is 5.01. The van der Waals surface area contributed by atoms with Gasteiger partial charge in [0.15, 0.2) is 5.15 Å². The minimum atomic E-state index is -0.919. The van der Waals surface area contributed by atoms with Gasteiger partial charge in [0.05, 0.1) is 25.2 Å². The zero-order valence-corrected chi connectivity index (χ0v) is 24.6. The average Bonchev–Trinajstić information content (AvgIpc) is 3.73. The molecule has 0 fully saturated rings. The molecule has 6 rings (SSSR count). The van der Waals surface area contributed by atoms with Crippen LogP contribution >= 0.6 is 23.2 Å². The Bertz CT molecular complexity index is 1980. The number of tetrazole rings is 1. The van der Waals surface area contributed by atoms with Gasteiger partial charge in [-0.25, -0.2) is 4.68 Å². The monoisotopic (exact) mass is 627 g/mol. The summed E-state index contributed by atoms with van der Waals surface area (Å²) in [6.07, 6.45) is 3.32. The van der Waals surface area contributed by atoms with Gasteiger partial charge in [0.1, 0.15) is 11.8 Å². The van der Waals surface area contributed by atoms with E-state index < -0.39 is 17.5 Å². The first kappa shape index (κ1) is 28.8. The van der Waals surface area contributed by atoms with Crippen molar-refractivity contribution in [2.45, 2.75) is 12.5 Å². The van der Waals surface area contributed by atoms with Crippen molar-refractivity contribution in [3.63, 3.8) is 0 Å². The number of aromatic amines is 1. The van der Waals surface area contributed by atoms with E-state index in [0.29, 0.717) is 39.1 Å². The molecule has 0 radical (unpaired) electrons. The second kappa shape index (κ2) is 12.5. The Morgan fingerprint density at radius 1 is 0.977 bits per heavy atom. The van der Waals surface area contributed by atoms with Crippen molar-refractivity contribution in [3.8, 4) is 34.0 Å². The van der Waals surface area contributed by atoms with Crippen LogP contribution in [0.5, 0.6) is 5.75 Å². The van der Waals surface area contributed by atoms with Crippen LogP contribution in [0.1, 0.15) is 11.6 Å². The molecular weight excluding hydrogens is 605 g/mol. The lowest BCUT2D eigenvalue weighted by Gasteiger charge is -2.22. The number of hydrogen-bond donors (Lipinski definition) is 2. The number of benzene rings is 3. The minimum Gasteiger partial charge on any atom is -0.495 e. The van der Waals surface area contributed by atoms with Crippen molar-refractivity contribution in [1.82, 2.24) is 40.2 Å². The normalized spacial score (nSPS) is 11.7. The molecule has 0 unspecified atom stereocenters. The van der Waals surface area contributed by atoms with Crippen LogP contribution in [0.2, 0.25) is 10.2 Å². The highest BCUT2D eigenvalue weighted by Gasteiger charge is 2.25. The second-order valence-corrected chi connectivity index (χ2v) is 10.5. The van der Waals surface area contributed by atoms with Gasteiger partial charge in [-0.15, -0.1) is 15.3 Å². The summed E-state index contributed by atoms with van der Waals surface area (Å²) in [7, 11) is 1.49. The molecule has 6 aromatic rings. The first-order valence-corrected chi connectivity index (χ1v) is 14.0. The molecule has 3 heterocycles. The van der Waals surface area contributed by atoms with Crippen LogP contribution in [-0.2, 0) is 11.2 Å². The molecule has 14 heteroatoms. The Morgan fingerprint density at radius 2 is 1.77 bits per heavy atom. The molecule has 0 aliphatic heterocycles. The molecule has 44 heavy (non-hydrogen) atoms. The number of carbonyl (C=O) groups is 1. The molecular formula is C30H23Cl2N9O3. The Kier molecular flexibility index (Phi) is 8.17. The van der Waals surface area contributed by atoms with Crippen LogP contribution in [0.15, 0.2) is 96.1 Å². The van der Waals surface area contributed by atoms with Gasteiger partial charge < -0.3 is 10.1 Å². The number of methoxy groups -OCH3 is 1. The topological polar surface area (TPSA) is 146 Å². The van der Waals surface area contributed by atoms with Crippen LogP contribution < -0.4 is 15.6 Å². The molecule has 0 aliphatic carbocycles. The number of hydrogen-bond acceptors (Lipinski definition) is 8. The maximum Gasteiger partial charge on any atom is 0.252 e. The van der Waals surface area contributed by atoms with Gasteiger partial charge in [0.2, 0.25) is 11.7 Å². The van der Waals surface area contributed by atoms with E-state index in [1.165, 1.54) is 34.8 Å². The number of nitrogens with zero attached hydrogens (tertiary/aromatic N) is 7. The Hall–Kier alpha value is -5.33. The fourth-order valence-corrected chi connectivity index (χ4v) is 5.10. The molecule has 0 saturated heterocycles. The van der Waals surface area contributed by atoms with E-state index >= 15 is 0 Å². The number of carbonyl (C=O) groups excluding carboxylic acids is 1. The first-order chi connectivity index (χ1) is 21.4. The smallest absolute Gasteiger partial charge is 0.252 e. The van der Waals surface area contributed by atoms with Gasteiger partial charge in [0.25, 0.3) is 5.56 Å². The third-order valence-corrected chi connectivity index (χ3v) is 7.30. The van der Waals surface area contributed by atoms with E-state index in [9.17, 15) is 9.59 Å². The van der Waals surface area contributed by atoms with Gasteiger partial charge in [-0.2, -0.15) is 5.21 Å². The van der Waals surface area contributed by atoms with E-state index in [2.05, 4.69) is 36.3 Å². The molecule has 0 saturated carbocycles. The van der Waals surface area contributed by atoms with E-state index in [-0.39, 0.29) is 11.6 Å². The molecule has 220 valence electrons. The number of nitrogens with one attached hydrogen (secondary N) is 2. The van der Waals surface area contributed by atoms with Crippen molar-refractivity contribution in [3.05, 3.63) is 117 Å². The largest absolute Gasteiger partial charge is 0.495 e. The number of amides is 1. The molecule has 0 aliphatic rings. The van der Waals surface area contributed by atoms with E-state index in [1.54, 1.807) is 42.5 Å². The molecule has 0 bridgehead atoms. The maximum atomic E-state index is 13.8. The summed E-state index contributed by atoms with van der Waals surface area (Å²) in [4.78, 5) is 27.6. The highest BCUT2D eigenvalue weighted by molar-refractivity contribution is 6.31. The van der Waals surface area contributed by atoms with Gasteiger partial charge in [-0.1, -0.05) is 58.7 Å². The number of pyridine rings is 1. The zero-order chi connectivity index (χ0) is 30.6. The number of anilines is 1. The third-order valence-electron chi connectivity index (χ3n) is 6.89. The molecule has 1 atom stereocenters. The van der Waals surface area contributed by atoms with Crippen LogP contribution in [0, 0.1) is 0 Å². The Morgan fingerprint density at radius 3 is 2.45 bits per heavy atom. The molecule has 1 amide bonds. The zero-order valence-electron chi connectivity index (χ0n) is 23.1. The summed E-state index contributed by atoms with van der Waals surface area (Å²) in [5.74, 6) is 0.381. The van der Waals surface area contributed by atoms with Gasteiger partial charge in [-0.3, -0.25) is 14.2 Å². The Labute approximate surface area is 260 Å². The number of ether oxygens (including phenoxy) is 1. The molecule has 3 aromatic carbocycles. The van der Waals surface area contributed by atoms with Crippen molar-refractivity contribution in [2.24, 2.45) is 0 Å². The average molecular weight is 628 g/mol. The van der Waals surface area contributed by atoms with Gasteiger partial charge >= 0.3 is 0 Å². The van der Waals surface area contributed by atoms with Crippen molar-refractivity contribution < 1.29 is 9.53 Å². The number of H-pyrrole nitrogens is 1. The third kappa shape index (κ3) is 6.07. The molecule has 0 spiro atoms. The lowest BCUT2D eigenvalue weighted by molar-refractivity contribution is -0.119. The standard InChI is InChI=1S/C30H23Cl2N9O3/c1-44-26-16-40(28(42)15-23(26)22-14-20(31)9-12-24(22)41-17-27(32)34-39-41)25(13-18-5-3-2-4-6-18)30(43)33-21-10-7-19(8-11-21)29-35-37-38-36-29/h2-12,14-17,25H,13H2,1H3,(H,33,43)(H,35,36,37,38)/t25-/m0/s1. The highest BCUT2D eigenvalue weighted by Crippen LogP contribution is 2.35. The lowest BCUT2D eigenvalue weighted by Crippen LogP contribution is -2.34. The number of aromatic nitrogens is 8. The number of halogens is 2. The fraction of sp³-hybridized carbons (Fsp3) is 0.100. The summed E-state index contributed by atoms with van der Waals surface area (Å²) < 4.78 is 8.60. The summed E-state index contributed by atoms with van der Waals surface area (Å²) in [6.45, 7) is 0. The van der Waals surface area contributed by atoms with Crippen LogP contribution in [0.3, 0.4) is 0 Å². The SMILES string of the molecule is COc1cn([C@@H](Cc2ccccc2)C(=O)Nc2ccc(-c3nn[nH]n3)cc2)c(=O)cc1-c1cc(Cl)ccc1-n1cc(Cl)nn1. The maximum absolute atomic E-state index is 13.8. The summed E-state index contributed by atoms with van der Waals surface area (Å²) in [5, 5.41) is 25.4. The Balaban J connectivity index is 1.39. The van der Waals surface area contributed by atoms with Crippen molar-refractivity contribution in [1.29, 1.82) is 0 Å². The van der Waals surface area contributed by atoms with Gasteiger partial charge in [-0.05, 0) is 53.2 Å². The fourth-order valence-electron chi connectivity index (χ4n) is 4.80.